The van der Waals surface area contributed by atoms with Gasteiger partial charge in [0.2, 0.25) is 0 Å². The number of methoxy groups -OCH3 is 1. The van der Waals surface area contributed by atoms with Crippen LogP contribution in [0.2, 0.25) is 0 Å². The minimum atomic E-state index is -0.667. The van der Waals surface area contributed by atoms with Crippen LogP contribution in [0.25, 0.3) is 33.8 Å². The number of amides is 1. The zero-order valence-electron chi connectivity index (χ0n) is 21.4. The highest BCUT2D eigenvalue weighted by molar-refractivity contribution is 5.95. The van der Waals surface area contributed by atoms with Crippen LogP contribution in [0.1, 0.15) is 28.9 Å². The predicted octanol–water partition coefficient (Wildman–Crippen LogP) is 4.65. The quantitative estimate of drug-likeness (QED) is 0.335. The fraction of sp³-hybridized carbons (Fsp3) is 0.296. The number of pyridine rings is 3. The van der Waals surface area contributed by atoms with E-state index >= 15 is 4.39 Å². The number of nitriles is 1. The minimum absolute atomic E-state index is 0. The van der Waals surface area contributed by atoms with Gasteiger partial charge in [-0.1, -0.05) is 0 Å². The first kappa shape index (κ1) is 27.8. The maximum atomic E-state index is 15.1. The van der Waals surface area contributed by atoms with Gasteiger partial charge in [-0.15, -0.1) is 12.4 Å². The highest BCUT2D eigenvalue weighted by Crippen LogP contribution is 2.38. The van der Waals surface area contributed by atoms with Crippen LogP contribution >= 0.6 is 12.4 Å². The van der Waals surface area contributed by atoms with Crippen molar-refractivity contribution in [3.63, 3.8) is 0 Å². The molecule has 4 aromatic heterocycles. The van der Waals surface area contributed by atoms with E-state index in [4.69, 9.17) is 18.6 Å². The summed E-state index contributed by atoms with van der Waals surface area (Å²) >= 11 is 0. The SMILES string of the molecule is COc1cc(C(=O)N(C)C)cnc1-c1cc2ncc(F)c(-c3ccc(OC4CCOCC4)c(C#N)n3)c2o1.Cl. The van der Waals surface area contributed by atoms with E-state index in [1.54, 1.807) is 38.4 Å². The van der Waals surface area contributed by atoms with Gasteiger partial charge in [0.25, 0.3) is 5.91 Å². The Morgan fingerprint density at radius 3 is 2.62 bits per heavy atom. The van der Waals surface area contributed by atoms with Gasteiger partial charge in [0.05, 0.1) is 43.3 Å². The van der Waals surface area contributed by atoms with E-state index < -0.39 is 5.82 Å². The molecule has 1 amide bonds. The lowest BCUT2D eigenvalue weighted by atomic mass is 10.1. The van der Waals surface area contributed by atoms with E-state index in [1.807, 2.05) is 6.07 Å². The second-order valence-electron chi connectivity index (χ2n) is 8.87. The normalized spacial score (nSPS) is 13.4. The molecule has 5 heterocycles. The smallest absolute Gasteiger partial charge is 0.255 e. The van der Waals surface area contributed by atoms with Crippen molar-refractivity contribution >= 4 is 29.4 Å². The number of aromatic nitrogens is 3. The average Bonchev–Trinajstić information content (AvgIpc) is 3.37. The zero-order chi connectivity index (χ0) is 26.8. The predicted molar refractivity (Wildman–Crippen MR) is 141 cm³/mol. The molecule has 10 nitrogen and oxygen atoms in total. The molecule has 1 aliphatic rings. The van der Waals surface area contributed by atoms with Crippen LogP contribution < -0.4 is 9.47 Å². The lowest BCUT2D eigenvalue weighted by Crippen LogP contribution is -2.26. The molecule has 5 rings (SSSR count). The highest BCUT2D eigenvalue weighted by Gasteiger charge is 2.23. The van der Waals surface area contributed by atoms with Crippen molar-refractivity contribution in [1.29, 1.82) is 5.26 Å². The van der Waals surface area contributed by atoms with Gasteiger partial charge in [-0.25, -0.2) is 19.3 Å². The molecule has 202 valence electrons. The second-order valence-corrected chi connectivity index (χ2v) is 8.87. The second kappa shape index (κ2) is 11.6. The fourth-order valence-corrected chi connectivity index (χ4v) is 4.21. The largest absolute Gasteiger partial charge is 0.494 e. The lowest BCUT2D eigenvalue weighted by Gasteiger charge is -2.23. The number of nitrogens with zero attached hydrogens (tertiary/aromatic N) is 5. The number of halogens is 2. The van der Waals surface area contributed by atoms with Gasteiger partial charge in [0, 0.05) is 39.2 Å². The number of hydrogen-bond acceptors (Lipinski definition) is 9. The molecule has 1 saturated heterocycles. The number of carbonyl (C=O) groups is 1. The zero-order valence-corrected chi connectivity index (χ0v) is 22.2. The summed E-state index contributed by atoms with van der Waals surface area (Å²) in [5.74, 6) is -0.00468. The summed E-state index contributed by atoms with van der Waals surface area (Å²) in [6.45, 7) is 1.18. The first-order valence-electron chi connectivity index (χ1n) is 11.9. The van der Waals surface area contributed by atoms with Crippen molar-refractivity contribution in [2.45, 2.75) is 18.9 Å². The van der Waals surface area contributed by atoms with Crippen molar-refractivity contribution in [1.82, 2.24) is 19.9 Å². The van der Waals surface area contributed by atoms with Gasteiger partial charge in [0.15, 0.2) is 28.6 Å². The Morgan fingerprint density at radius 2 is 1.92 bits per heavy atom. The first-order valence-corrected chi connectivity index (χ1v) is 11.9. The number of furan rings is 1. The lowest BCUT2D eigenvalue weighted by molar-refractivity contribution is 0.0253. The van der Waals surface area contributed by atoms with E-state index in [-0.39, 0.29) is 52.7 Å². The Bertz CT molecular complexity index is 1560. The Hall–Kier alpha value is -4.27. The summed E-state index contributed by atoms with van der Waals surface area (Å²) in [6.07, 6.45) is 3.83. The molecule has 1 fully saturated rings. The first-order chi connectivity index (χ1) is 18.4. The monoisotopic (exact) mass is 553 g/mol. The average molecular weight is 554 g/mol. The highest BCUT2D eigenvalue weighted by atomic mass is 35.5. The van der Waals surface area contributed by atoms with E-state index in [9.17, 15) is 10.1 Å². The maximum absolute atomic E-state index is 15.1. The summed E-state index contributed by atoms with van der Waals surface area (Å²) in [7, 11) is 4.73. The van der Waals surface area contributed by atoms with E-state index in [0.29, 0.717) is 54.3 Å². The van der Waals surface area contributed by atoms with Crippen LogP contribution in [-0.4, -0.2) is 66.3 Å². The molecule has 39 heavy (non-hydrogen) atoms. The minimum Gasteiger partial charge on any atom is -0.494 e. The van der Waals surface area contributed by atoms with Gasteiger partial charge in [-0.05, 0) is 18.2 Å². The molecule has 0 N–H and O–H groups in total. The third-order valence-electron chi connectivity index (χ3n) is 6.14. The Kier molecular flexibility index (Phi) is 8.28. The summed E-state index contributed by atoms with van der Waals surface area (Å²) in [5.41, 5.74) is 1.43. The van der Waals surface area contributed by atoms with E-state index in [1.165, 1.54) is 18.2 Å². The van der Waals surface area contributed by atoms with Crippen molar-refractivity contribution < 1.29 is 27.8 Å². The van der Waals surface area contributed by atoms with Crippen LogP contribution in [0, 0.1) is 17.1 Å². The summed E-state index contributed by atoms with van der Waals surface area (Å²) < 4.78 is 37.9. The molecular weight excluding hydrogens is 529 g/mol. The molecule has 0 radical (unpaired) electrons. The summed E-state index contributed by atoms with van der Waals surface area (Å²) in [4.78, 5) is 26.7. The summed E-state index contributed by atoms with van der Waals surface area (Å²) in [5, 5.41) is 9.71. The Balaban J connectivity index is 0.00000353. The molecule has 0 aromatic carbocycles. The molecule has 0 unspecified atom stereocenters. The molecule has 0 spiro atoms. The molecule has 1 aliphatic heterocycles. The topological polar surface area (TPSA) is 124 Å². The molecule has 4 aromatic rings. The molecule has 0 atom stereocenters. The molecule has 0 bridgehead atoms. The van der Waals surface area contributed by atoms with Crippen LogP contribution in [0.4, 0.5) is 4.39 Å². The van der Waals surface area contributed by atoms with Gasteiger partial charge in [-0.3, -0.25) is 4.79 Å². The molecule has 0 saturated carbocycles. The third kappa shape index (κ3) is 5.48. The number of ether oxygens (including phenoxy) is 3. The number of rotatable bonds is 6. The Morgan fingerprint density at radius 1 is 1.15 bits per heavy atom. The van der Waals surface area contributed by atoms with Crippen LogP contribution in [0.15, 0.2) is 41.1 Å². The summed E-state index contributed by atoms with van der Waals surface area (Å²) in [6, 6.07) is 8.39. The van der Waals surface area contributed by atoms with E-state index in [0.717, 1.165) is 6.20 Å². The van der Waals surface area contributed by atoms with Gasteiger partial charge in [-0.2, -0.15) is 5.26 Å². The maximum Gasteiger partial charge on any atom is 0.255 e. The van der Waals surface area contributed by atoms with Gasteiger partial charge < -0.3 is 23.5 Å². The van der Waals surface area contributed by atoms with Crippen molar-refractivity contribution in [3.05, 3.63) is 53.7 Å². The van der Waals surface area contributed by atoms with Gasteiger partial charge >= 0.3 is 0 Å². The Labute approximate surface area is 229 Å². The molecular formula is C27H25ClFN5O5. The fourth-order valence-electron chi connectivity index (χ4n) is 4.21. The van der Waals surface area contributed by atoms with Crippen molar-refractivity contribution in [2.75, 3.05) is 34.4 Å². The van der Waals surface area contributed by atoms with Crippen LogP contribution in [0.3, 0.4) is 0 Å². The third-order valence-corrected chi connectivity index (χ3v) is 6.14. The van der Waals surface area contributed by atoms with Crippen LogP contribution in [-0.2, 0) is 4.74 Å². The van der Waals surface area contributed by atoms with Crippen molar-refractivity contribution in [3.8, 4) is 40.3 Å². The van der Waals surface area contributed by atoms with Crippen LogP contribution in [0.5, 0.6) is 11.5 Å². The number of fused-ring (bicyclic) bond motifs is 1. The number of hydrogen-bond donors (Lipinski definition) is 0. The molecule has 0 aliphatic carbocycles. The van der Waals surface area contributed by atoms with Gasteiger partial charge in [0.1, 0.15) is 29.1 Å². The van der Waals surface area contributed by atoms with E-state index in [2.05, 4.69) is 15.0 Å². The standard InChI is InChI=1S/C27H24FN5O5.ClH/c1-33(2)27(34)15-10-22(35-3)25(31-13-15)23-11-19-26(38-23)24(17(28)14-30-19)18-4-5-21(20(12-29)32-18)37-16-6-8-36-9-7-16;/h4-5,10-11,13-14,16H,6-9H2,1-3H3;1H. The van der Waals surface area contributed by atoms with Crippen molar-refractivity contribution in [2.24, 2.45) is 0 Å². The molecule has 12 heteroatoms. The number of carbonyl (C=O) groups excluding carboxylic acids is 1.